The second-order valence-electron chi connectivity index (χ2n) is 6.07. The normalized spacial score (nSPS) is 10.8. The highest BCUT2D eigenvalue weighted by molar-refractivity contribution is 5.92. The van der Waals surface area contributed by atoms with E-state index >= 15 is 0 Å². The summed E-state index contributed by atoms with van der Waals surface area (Å²) in [7, 11) is 3.25. The second kappa shape index (κ2) is 7.93. The van der Waals surface area contributed by atoms with Gasteiger partial charge < -0.3 is 10.1 Å². The van der Waals surface area contributed by atoms with Gasteiger partial charge in [0.15, 0.2) is 11.6 Å². The number of carbonyl (C=O) groups is 1. The van der Waals surface area contributed by atoms with Crippen molar-refractivity contribution in [2.24, 2.45) is 0 Å². The van der Waals surface area contributed by atoms with Crippen LogP contribution < -0.4 is 10.1 Å². The third kappa shape index (κ3) is 5.06. The lowest BCUT2D eigenvalue weighted by Crippen LogP contribution is -2.29. The molecule has 0 aliphatic carbocycles. The molecule has 0 saturated carbocycles. The van der Waals surface area contributed by atoms with Crippen LogP contribution in [-0.4, -0.2) is 31.5 Å². The first-order chi connectivity index (χ1) is 11.4. The number of hydrogen-bond donors (Lipinski definition) is 1. The van der Waals surface area contributed by atoms with Gasteiger partial charge in [0.25, 0.3) is 0 Å². The van der Waals surface area contributed by atoms with Crippen molar-refractivity contribution in [1.29, 1.82) is 0 Å². The maximum Gasteiger partial charge on any atom is 0.238 e. The lowest BCUT2D eigenvalue weighted by molar-refractivity contribution is -0.117. The predicted octanol–water partition coefficient (Wildman–Crippen LogP) is 3.52. The number of carbonyl (C=O) groups excluding carboxylic acids is 1. The van der Waals surface area contributed by atoms with E-state index in [1.165, 1.54) is 13.2 Å². The number of aryl methyl sites for hydroxylation is 2. The largest absolute Gasteiger partial charge is 0.494 e. The number of amides is 1. The van der Waals surface area contributed by atoms with E-state index in [0.717, 1.165) is 22.4 Å². The zero-order valence-corrected chi connectivity index (χ0v) is 14.5. The van der Waals surface area contributed by atoms with Gasteiger partial charge in [0.2, 0.25) is 5.91 Å². The van der Waals surface area contributed by atoms with E-state index in [0.29, 0.717) is 6.54 Å². The van der Waals surface area contributed by atoms with E-state index in [-0.39, 0.29) is 18.2 Å². The number of nitrogens with zero attached hydrogens (tertiary/aromatic N) is 1. The highest BCUT2D eigenvalue weighted by Crippen LogP contribution is 2.18. The fourth-order valence-corrected chi connectivity index (χ4v) is 2.67. The molecular weight excluding hydrogens is 307 g/mol. The minimum absolute atomic E-state index is 0.100. The van der Waals surface area contributed by atoms with Gasteiger partial charge in [-0.15, -0.1) is 0 Å². The fourth-order valence-electron chi connectivity index (χ4n) is 2.67. The van der Waals surface area contributed by atoms with E-state index in [1.807, 2.05) is 37.9 Å². The second-order valence-corrected chi connectivity index (χ2v) is 6.07. The van der Waals surface area contributed by atoms with Crippen molar-refractivity contribution in [2.75, 3.05) is 26.0 Å². The molecule has 0 heterocycles. The van der Waals surface area contributed by atoms with Crippen molar-refractivity contribution in [3.05, 3.63) is 58.9 Å². The van der Waals surface area contributed by atoms with Crippen molar-refractivity contribution < 1.29 is 13.9 Å². The summed E-state index contributed by atoms with van der Waals surface area (Å²) in [6.07, 6.45) is 0. The standard InChI is InChI=1S/C19H23FN2O2/c1-13-7-14(2)9-16(8-13)21-19(23)12-22(3)11-15-5-6-18(24-4)17(20)10-15/h5-10H,11-12H2,1-4H3,(H,21,23). The van der Waals surface area contributed by atoms with Gasteiger partial charge >= 0.3 is 0 Å². The molecule has 0 aliphatic heterocycles. The lowest BCUT2D eigenvalue weighted by Gasteiger charge is -2.17. The number of hydrogen-bond acceptors (Lipinski definition) is 3. The van der Waals surface area contributed by atoms with E-state index in [4.69, 9.17) is 4.74 Å². The molecule has 1 N–H and O–H groups in total. The molecule has 2 aromatic rings. The summed E-state index contributed by atoms with van der Waals surface area (Å²) in [5, 5.41) is 2.90. The Morgan fingerprint density at radius 3 is 2.42 bits per heavy atom. The van der Waals surface area contributed by atoms with Crippen molar-refractivity contribution in [3.8, 4) is 5.75 Å². The van der Waals surface area contributed by atoms with Crippen LogP contribution in [-0.2, 0) is 11.3 Å². The van der Waals surface area contributed by atoms with Gasteiger partial charge in [-0.25, -0.2) is 4.39 Å². The predicted molar refractivity (Wildman–Crippen MR) is 93.8 cm³/mol. The number of nitrogens with one attached hydrogen (secondary N) is 1. The van der Waals surface area contributed by atoms with Crippen LogP contribution in [0.15, 0.2) is 36.4 Å². The quantitative estimate of drug-likeness (QED) is 0.881. The summed E-state index contributed by atoms with van der Waals surface area (Å²) in [6, 6.07) is 10.7. The molecule has 0 unspecified atom stereocenters. The first kappa shape index (κ1) is 17.9. The molecule has 0 spiro atoms. The van der Waals surface area contributed by atoms with Crippen LogP contribution in [0.5, 0.6) is 5.75 Å². The van der Waals surface area contributed by atoms with Crippen LogP contribution in [0, 0.1) is 19.7 Å². The van der Waals surface area contributed by atoms with Crippen molar-refractivity contribution in [1.82, 2.24) is 4.90 Å². The first-order valence-electron chi connectivity index (χ1n) is 7.76. The molecule has 0 atom stereocenters. The Morgan fingerprint density at radius 1 is 1.17 bits per heavy atom. The lowest BCUT2D eigenvalue weighted by atomic mass is 10.1. The van der Waals surface area contributed by atoms with Crippen molar-refractivity contribution in [3.63, 3.8) is 0 Å². The van der Waals surface area contributed by atoms with Crippen molar-refractivity contribution in [2.45, 2.75) is 20.4 Å². The monoisotopic (exact) mass is 330 g/mol. The Kier molecular flexibility index (Phi) is 5.93. The zero-order valence-electron chi connectivity index (χ0n) is 14.5. The van der Waals surface area contributed by atoms with Gasteiger partial charge in [0, 0.05) is 12.2 Å². The molecule has 0 fully saturated rings. The van der Waals surface area contributed by atoms with Crippen LogP contribution in [0.3, 0.4) is 0 Å². The van der Waals surface area contributed by atoms with E-state index < -0.39 is 5.82 Å². The Balaban J connectivity index is 1.92. The van der Waals surface area contributed by atoms with Gasteiger partial charge in [-0.05, 0) is 61.9 Å². The number of benzene rings is 2. The number of anilines is 1. The topological polar surface area (TPSA) is 41.6 Å². The van der Waals surface area contributed by atoms with Crippen LogP contribution in [0.2, 0.25) is 0 Å². The highest BCUT2D eigenvalue weighted by Gasteiger charge is 2.10. The molecule has 0 radical (unpaired) electrons. The third-order valence-electron chi connectivity index (χ3n) is 3.59. The maximum absolute atomic E-state index is 13.7. The average Bonchev–Trinajstić information content (AvgIpc) is 2.45. The van der Waals surface area contributed by atoms with E-state index in [1.54, 1.807) is 12.1 Å². The molecule has 5 heteroatoms. The van der Waals surface area contributed by atoms with Gasteiger partial charge in [0.1, 0.15) is 0 Å². The molecule has 1 amide bonds. The maximum atomic E-state index is 13.7. The summed E-state index contributed by atoms with van der Waals surface area (Å²) in [5.74, 6) is -0.284. The summed E-state index contributed by atoms with van der Waals surface area (Å²) in [4.78, 5) is 14.0. The number of ether oxygens (including phenoxy) is 1. The van der Waals surface area contributed by atoms with Crippen LogP contribution in [0.1, 0.15) is 16.7 Å². The van der Waals surface area contributed by atoms with Crippen LogP contribution in [0.4, 0.5) is 10.1 Å². The molecule has 128 valence electrons. The summed E-state index contributed by atoms with van der Waals surface area (Å²) in [6.45, 7) is 4.68. The molecule has 0 aromatic heterocycles. The molecule has 2 aromatic carbocycles. The molecule has 0 bridgehead atoms. The summed E-state index contributed by atoms with van der Waals surface area (Å²) < 4.78 is 18.6. The Bertz CT molecular complexity index is 711. The Hall–Kier alpha value is -2.40. The van der Waals surface area contributed by atoms with Gasteiger partial charge in [-0.3, -0.25) is 9.69 Å². The van der Waals surface area contributed by atoms with Crippen molar-refractivity contribution >= 4 is 11.6 Å². The number of likely N-dealkylation sites (N-methyl/N-ethyl adjacent to an activating group) is 1. The minimum atomic E-state index is -0.400. The highest BCUT2D eigenvalue weighted by atomic mass is 19.1. The molecule has 2 rings (SSSR count). The van der Waals surface area contributed by atoms with Gasteiger partial charge in [-0.1, -0.05) is 12.1 Å². The average molecular weight is 330 g/mol. The number of halogens is 1. The third-order valence-corrected chi connectivity index (χ3v) is 3.59. The SMILES string of the molecule is COc1ccc(CN(C)CC(=O)Nc2cc(C)cc(C)c2)cc1F. The number of methoxy groups -OCH3 is 1. The summed E-state index contributed by atoms with van der Waals surface area (Å²) in [5.41, 5.74) is 3.79. The zero-order chi connectivity index (χ0) is 17.7. The van der Waals surface area contributed by atoms with Crippen LogP contribution in [0.25, 0.3) is 0 Å². The molecule has 4 nitrogen and oxygen atoms in total. The molecule has 24 heavy (non-hydrogen) atoms. The van der Waals surface area contributed by atoms with Crippen LogP contribution >= 0.6 is 0 Å². The van der Waals surface area contributed by atoms with Gasteiger partial charge in [-0.2, -0.15) is 0 Å². The smallest absolute Gasteiger partial charge is 0.238 e. The molecule has 0 saturated heterocycles. The van der Waals surface area contributed by atoms with E-state index in [2.05, 4.69) is 11.4 Å². The summed E-state index contributed by atoms with van der Waals surface area (Å²) >= 11 is 0. The number of rotatable bonds is 6. The molecular formula is C19H23FN2O2. The Morgan fingerprint density at radius 2 is 1.83 bits per heavy atom. The first-order valence-corrected chi connectivity index (χ1v) is 7.76. The minimum Gasteiger partial charge on any atom is -0.494 e. The molecule has 0 aliphatic rings. The fraction of sp³-hybridized carbons (Fsp3) is 0.316. The van der Waals surface area contributed by atoms with Gasteiger partial charge in [0.05, 0.1) is 13.7 Å². The Labute approximate surface area is 142 Å². The van der Waals surface area contributed by atoms with E-state index in [9.17, 15) is 9.18 Å².